The van der Waals surface area contributed by atoms with Gasteiger partial charge in [0.25, 0.3) is 0 Å². The summed E-state index contributed by atoms with van der Waals surface area (Å²) >= 11 is 0. The van der Waals surface area contributed by atoms with Crippen molar-refractivity contribution >= 4 is 9.84 Å². The van der Waals surface area contributed by atoms with Crippen LogP contribution in [0.2, 0.25) is 0 Å². The summed E-state index contributed by atoms with van der Waals surface area (Å²) in [6.07, 6.45) is 0. The van der Waals surface area contributed by atoms with Gasteiger partial charge in [-0.3, -0.25) is 0 Å². The Bertz CT molecular complexity index is 722. The Morgan fingerprint density at radius 3 is 2.53 bits per heavy atom. The number of sulfone groups is 1. The van der Waals surface area contributed by atoms with Gasteiger partial charge in [0.05, 0.1) is 6.61 Å². The average molecular weight is 276 g/mol. The van der Waals surface area contributed by atoms with Crippen LogP contribution in [0.25, 0.3) is 0 Å². The molecule has 1 aliphatic rings. The number of benzene rings is 2. The molecular formula is C14H12O4S. The van der Waals surface area contributed by atoms with Crippen molar-refractivity contribution in [3.63, 3.8) is 0 Å². The maximum absolute atomic E-state index is 12.5. The zero-order valence-electron chi connectivity index (χ0n) is 9.98. The maximum Gasteiger partial charge on any atom is 0.213 e. The smallest absolute Gasteiger partial charge is 0.213 e. The molecule has 0 saturated carbocycles. The van der Waals surface area contributed by atoms with Crippen molar-refractivity contribution < 1.29 is 18.3 Å². The topological polar surface area (TPSA) is 63.6 Å². The Balaban J connectivity index is 2.11. The zero-order chi connectivity index (χ0) is 13.5. The number of aromatic hydroxyl groups is 1. The summed E-state index contributed by atoms with van der Waals surface area (Å²) in [5.41, 5.74) is 0.467. The van der Waals surface area contributed by atoms with Gasteiger partial charge in [-0.05, 0) is 17.7 Å². The predicted octanol–water partition coefficient (Wildman–Crippen LogP) is 2.39. The van der Waals surface area contributed by atoms with Crippen LogP contribution in [0.1, 0.15) is 16.6 Å². The summed E-state index contributed by atoms with van der Waals surface area (Å²) < 4.78 is 30.5. The van der Waals surface area contributed by atoms with E-state index in [2.05, 4.69) is 0 Å². The molecule has 1 unspecified atom stereocenters. The summed E-state index contributed by atoms with van der Waals surface area (Å²) in [5.74, 6) is -0.254. The van der Waals surface area contributed by atoms with Crippen LogP contribution in [0.5, 0.6) is 5.75 Å². The molecule has 0 fully saturated rings. The SMILES string of the molecule is O=S(=O)(c1ccccc1O)C1OCc2ccccc21. The number of fused-ring (bicyclic) bond motifs is 1. The molecule has 1 heterocycles. The van der Waals surface area contributed by atoms with Crippen LogP contribution in [0, 0.1) is 0 Å². The zero-order valence-corrected chi connectivity index (χ0v) is 10.8. The molecular weight excluding hydrogens is 264 g/mol. The molecule has 1 aliphatic heterocycles. The summed E-state index contributed by atoms with van der Waals surface area (Å²) in [6.45, 7) is 0.271. The molecule has 4 nitrogen and oxygen atoms in total. The number of phenolic OH excluding ortho intramolecular Hbond substituents is 1. The van der Waals surface area contributed by atoms with Crippen molar-refractivity contribution in [2.45, 2.75) is 16.9 Å². The summed E-state index contributed by atoms with van der Waals surface area (Å²) in [5, 5.41) is 9.72. The number of hydrogen-bond acceptors (Lipinski definition) is 4. The Hall–Kier alpha value is -1.85. The first-order valence-electron chi connectivity index (χ1n) is 5.82. The van der Waals surface area contributed by atoms with Gasteiger partial charge in [-0.2, -0.15) is 0 Å². The molecule has 1 atom stereocenters. The fourth-order valence-electron chi connectivity index (χ4n) is 2.22. The molecule has 2 aromatic rings. The van der Waals surface area contributed by atoms with E-state index in [0.29, 0.717) is 5.56 Å². The van der Waals surface area contributed by atoms with E-state index in [1.165, 1.54) is 12.1 Å². The number of phenols is 1. The van der Waals surface area contributed by atoms with Crippen LogP contribution >= 0.6 is 0 Å². The molecule has 3 rings (SSSR count). The first kappa shape index (κ1) is 12.2. The third-order valence-electron chi connectivity index (χ3n) is 3.15. The largest absolute Gasteiger partial charge is 0.507 e. The van der Waals surface area contributed by atoms with Crippen molar-refractivity contribution in [1.82, 2.24) is 0 Å². The second kappa shape index (κ2) is 4.36. The van der Waals surface area contributed by atoms with Crippen LogP contribution in [0.4, 0.5) is 0 Å². The van der Waals surface area contributed by atoms with E-state index < -0.39 is 15.3 Å². The van der Waals surface area contributed by atoms with Gasteiger partial charge in [0, 0.05) is 5.56 Å². The Kier molecular flexibility index (Phi) is 2.80. The molecule has 1 N–H and O–H groups in total. The van der Waals surface area contributed by atoms with Crippen molar-refractivity contribution in [3.8, 4) is 5.75 Å². The number of rotatable bonds is 2. The lowest BCUT2D eigenvalue weighted by Crippen LogP contribution is -2.13. The fourth-order valence-corrected chi connectivity index (χ4v) is 3.89. The molecule has 98 valence electrons. The average Bonchev–Trinajstić information content (AvgIpc) is 2.83. The normalized spacial score (nSPS) is 18.2. The van der Waals surface area contributed by atoms with E-state index in [1.54, 1.807) is 24.3 Å². The highest BCUT2D eigenvalue weighted by Crippen LogP contribution is 2.40. The van der Waals surface area contributed by atoms with E-state index in [1.807, 2.05) is 12.1 Å². The van der Waals surface area contributed by atoms with E-state index >= 15 is 0 Å². The van der Waals surface area contributed by atoms with Crippen molar-refractivity contribution in [2.75, 3.05) is 0 Å². The molecule has 0 aliphatic carbocycles. The Labute approximate surface area is 111 Å². The predicted molar refractivity (Wildman–Crippen MR) is 69.3 cm³/mol. The lowest BCUT2D eigenvalue weighted by molar-refractivity contribution is 0.119. The third kappa shape index (κ3) is 1.91. The van der Waals surface area contributed by atoms with Gasteiger partial charge in [-0.1, -0.05) is 36.4 Å². The van der Waals surface area contributed by atoms with Crippen molar-refractivity contribution in [2.24, 2.45) is 0 Å². The second-order valence-electron chi connectivity index (χ2n) is 4.35. The molecule has 0 saturated heterocycles. The first-order valence-corrected chi connectivity index (χ1v) is 7.36. The highest BCUT2D eigenvalue weighted by atomic mass is 32.2. The molecule has 2 aromatic carbocycles. The summed E-state index contributed by atoms with van der Waals surface area (Å²) in [7, 11) is -3.75. The maximum atomic E-state index is 12.5. The fraction of sp³-hybridized carbons (Fsp3) is 0.143. The van der Waals surface area contributed by atoms with Gasteiger partial charge in [-0.15, -0.1) is 0 Å². The van der Waals surface area contributed by atoms with Crippen LogP contribution in [-0.4, -0.2) is 13.5 Å². The number of ether oxygens (including phenoxy) is 1. The van der Waals surface area contributed by atoms with Crippen molar-refractivity contribution in [1.29, 1.82) is 0 Å². The van der Waals surface area contributed by atoms with Crippen LogP contribution in [0.3, 0.4) is 0 Å². The molecule has 19 heavy (non-hydrogen) atoms. The first-order chi connectivity index (χ1) is 9.10. The van der Waals surface area contributed by atoms with E-state index in [-0.39, 0.29) is 17.3 Å². The number of hydrogen-bond donors (Lipinski definition) is 1. The summed E-state index contributed by atoms with van der Waals surface area (Å²) in [4.78, 5) is -0.100. The van der Waals surface area contributed by atoms with Crippen LogP contribution < -0.4 is 0 Å². The van der Waals surface area contributed by atoms with E-state index in [0.717, 1.165) is 5.56 Å². The lowest BCUT2D eigenvalue weighted by Gasteiger charge is -2.13. The van der Waals surface area contributed by atoms with Crippen LogP contribution in [0.15, 0.2) is 53.4 Å². The monoisotopic (exact) mass is 276 g/mol. The van der Waals surface area contributed by atoms with Gasteiger partial charge in [0.15, 0.2) is 5.44 Å². The highest BCUT2D eigenvalue weighted by molar-refractivity contribution is 7.91. The molecule has 0 aromatic heterocycles. The molecule has 0 radical (unpaired) electrons. The minimum absolute atomic E-state index is 0.100. The van der Waals surface area contributed by atoms with Gasteiger partial charge in [0.1, 0.15) is 10.6 Å². The molecule has 0 spiro atoms. The van der Waals surface area contributed by atoms with E-state index in [4.69, 9.17) is 4.74 Å². The second-order valence-corrected chi connectivity index (χ2v) is 6.31. The Morgan fingerprint density at radius 1 is 1.05 bits per heavy atom. The van der Waals surface area contributed by atoms with Gasteiger partial charge >= 0.3 is 0 Å². The molecule has 0 amide bonds. The highest BCUT2D eigenvalue weighted by Gasteiger charge is 2.36. The quantitative estimate of drug-likeness (QED) is 0.914. The van der Waals surface area contributed by atoms with Crippen LogP contribution in [-0.2, 0) is 21.2 Å². The Morgan fingerprint density at radius 2 is 1.74 bits per heavy atom. The minimum atomic E-state index is -3.75. The molecule has 5 heteroatoms. The minimum Gasteiger partial charge on any atom is -0.507 e. The van der Waals surface area contributed by atoms with Gasteiger partial charge in [0.2, 0.25) is 9.84 Å². The van der Waals surface area contributed by atoms with Gasteiger partial charge in [-0.25, -0.2) is 8.42 Å². The summed E-state index contributed by atoms with van der Waals surface area (Å²) in [6, 6.07) is 13.1. The number of para-hydroxylation sites is 1. The van der Waals surface area contributed by atoms with Crippen molar-refractivity contribution in [3.05, 3.63) is 59.7 Å². The van der Waals surface area contributed by atoms with E-state index in [9.17, 15) is 13.5 Å². The molecule has 0 bridgehead atoms. The standard InChI is InChI=1S/C14H12O4S/c15-12-7-3-4-8-13(12)19(16,17)14-11-6-2-1-5-10(11)9-18-14/h1-8,14-15H,9H2. The third-order valence-corrected chi connectivity index (χ3v) is 5.06. The lowest BCUT2D eigenvalue weighted by atomic mass is 10.1. The van der Waals surface area contributed by atoms with Gasteiger partial charge < -0.3 is 9.84 Å².